The molecule has 0 unspecified atom stereocenters. The van der Waals surface area contributed by atoms with E-state index in [1.165, 1.54) is 0 Å². The Morgan fingerprint density at radius 2 is 1.56 bits per heavy atom. The monoisotopic (exact) mass is 742 g/mol. The van der Waals surface area contributed by atoms with Crippen molar-refractivity contribution >= 4 is 33.6 Å². The fourth-order valence-electron chi connectivity index (χ4n) is 6.10. The molecule has 1 atom stereocenters. The van der Waals surface area contributed by atoms with Crippen LogP contribution in [0.15, 0.2) is 65.3 Å². The van der Waals surface area contributed by atoms with Gasteiger partial charge in [0.1, 0.15) is 25.4 Å². The number of anilines is 2. The van der Waals surface area contributed by atoms with E-state index in [4.69, 9.17) is 29.0 Å². The molecular formula is C38H54N8O4Si2. The van der Waals surface area contributed by atoms with Gasteiger partial charge in [-0.05, 0) is 37.9 Å². The van der Waals surface area contributed by atoms with E-state index in [0.717, 1.165) is 77.6 Å². The smallest absolute Gasteiger partial charge is 0.318 e. The van der Waals surface area contributed by atoms with Crippen molar-refractivity contribution in [3.63, 3.8) is 0 Å². The van der Waals surface area contributed by atoms with Crippen LogP contribution in [0.2, 0.25) is 51.4 Å². The number of aliphatic hydroxyl groups excluding tert-OH is 1. The molecule has 0 spiro atoms. The highest BCUT2D eigenvalue weighted by Crippen LogP contribution is 2.34. The summed E-state index contributed by atoms with van der Waals surface area (Å²) in [5, 5.41) is 23.0. The van der Waals surface area contributed by atoms with Gasteiger partial charge in [-0.2, -0.15) is 9.61 Å². The second kappa shape index (κ2) is 16.4. The van der Waals surface area contributed by atoms with Gasteiger partial charge in [-0.1, -0.05) is 80.8 Å². The van der Waals surface area contributed by atoms with Crippen LogP contribution in [0.3, 0.4) is 0 Å². The van der Waals surface area contributed by atoms with Gasteiger partial charge in [0.25, 0.3) is 0 Å². The first-order valence-electron chi connectivity index (χ1n) is 18.4. The number of rotatable bonds is 16. The van der Waals surface area contributed by atoms with Crippen molar-refractivity contribution in [3.8, 4) is 22.4 Å². The molecule has 4 aromatic heterocycles. The number of nitrogens with zero attached hydrogens (tertiary/aromatic N) is 8. The van der Waals surface area contributed by atoms with E-state index in [9.17, 15) is 5.11 Å². The number of hydrogen-bond donors (Lipinski definition) is 1. The highest BCUT2D eigenvalue weighted by atomic mass is 28.3. The van der Waals surface area contributed by atoms with Crippen LogP contribution in [0.5, 0.6) is 0 Å². The summed E-state index contributed by atoms with van der Waals surface area (Å²) in [6.07, 6.45) is 4.71. The first-order chi connectivity index (χ1) is 24.8. The molecule has 14 heteroatoms. The van der Waals surface area contributed by atoms with Crippen molar-refractivity contribution in [2.24, 2.45) is 0 Å². The van der Waals surface area contributed by atoms with E-state index < -0.39 is 22.3 Å². The van der Waals surface area contributed by atoms with Crippen molar-refractivity contribution in [1.82, 2.24) is 29.8 Å². The number of pyridine rings is 1. The minimum absolute atomic E-state index is 0.197. The minimum Gasteiger partial charge on any atom is -0.405 e. The zero-order valence-electron chi connectivity index (χ0n) is 31.7. The van der Waals surface area contributed by atoms with Gasteiger partial charge >= 0.3 is 6.01 Å². The molecule has 5 heterocycles. The standard InChI is InChI=1S/C38H54N8O4Si2/c1-28(47)37-42-43-38(50-37)44-17-15-30(16-18-44)34-23-35(45(26-48-19-21-51(2,3)4)27-49-20-22-52(5,6)7)46-36(41-34)32(25-40-46)31-13-14-33(39-24-31)29-11-9-8-10-12-29/h8-14,23-25,28,30,47H,15-22,26-27H2,1-7H3/t28-/m1/s1. The summed E-state index contributed by atoms with van der Waals surface area (Å²) in [7, 11) is -2.53. The molecule has 1 fully saturated rings. The fourth-order valence-corrected chi connectivity index (χ4v) is 7.61. The average Bonchev–Trinajstić information content (AvgIpc) is 3.79. The lowest BCUT2D eigenvalue weighted by Crippen LogP contribution is -2.34. The molecule has 1 N–H and O–H groups in total. The summed E-state index contributed by atoms with van der Waals surface area (Å²) in [5.74, 6) is 1.32. The Morgan fingerprint density at radius 1 is 0.885 bits per heavy atom. The Balaban J connectivity index is 1.33. The molecule has 0 amide bonds. The van der Waals surface area contributed by atoms with E-state index in [1.807, 2.05) is 35.1 Å². The lowest BCUT2D eigenvalue weighted by atomic mass is 9.93. The minimum atomic E-state index is -1.27. The van der Waals surface area contributed by atoms with Gasteiger partial charge in [0.05, 0.1) is 11.9 Å². The molecule has 12 nitrogen and oxygen atoms in total. The molecule has 1 aromatic carbocycles. The van der Waals surface area contributed by atoms with Gasteiger partial charge in [0, 0.05) is 83.0 Å². The number of aliphatic hydroxyl groups is 1. The van der Waals surface area contributed by atoms with Crippen molar-refractivity contribution in [3.05, 3.63) is 72.5 Å². The molecular weight excluding hydrogens is 689 g/mol. The third-order valence-electron chi connectivity index (χ3n) is 9.40. The van der Waals surface area contributed by atoms with E-state index in [0.29, 0.717) is 32.7 Å². The summed E-state index contributed by atoms with van der Waals surface area (Å²) in [6.45, 7) is 19.5. The van der Waals surface area contributed by atoms with Gasteiger partial charge < -0.3 is 28.8 Å². The summed E-state index contributed by atoms with van der Waals surface area (Å²) in [4.78, 5) is 14.4. The fraction of sp³-hybridized carbons (Fsp3) is 0.500. The average molecular weight is 743 g/mol. The van der Waals surface area contributed by atoms with Gasteiger partial charge in [-0.25, -0.2) is 4.98 Å². The quantitative estimate of drug-likeness (QED) is 0.0607. The first-order valence-corrected chi connectivity index (χ1v) is 25.8. The Kier molecular flexibility index (Phi) is 11.9. The highest BCUT2D eigenvalue weighted by molar-refractivity contribution is 6.76. The Morgan fingerprint density at radius 3 is 2.13 bits per heavy atom. The largest absolute Gasteiger partial charge is 0.405 e. The second-order valence-electron chi connectivity index (χ2n) is 16.2. The number of benzene rings is 1. The predicted octanol–water partition coefficient (Wildman–Crippen LogP) is 7.71. The van der Waals surface area contributed by atoms with E-state index in [2.05, 4.69) is 89.6 Å². The molecule has 1 saturated heterocycles. The second-order valence-corrected chi connectivity index (χ2v) is 27.5. The molecule has 52 heavy (non-hydrogen) atoms. The SMILES string of the molecule is C[C@@H](O)c1nnc(N2CCC(c3cc(N(COCC[Si](C)(C)C)COCC[Si](C)(C)C)n4ncc(-c5ccc(-c6ccccc6)nc5)c4n3)CC2)o1. The molecule has 6 rings (SSSR count). The maximum atomic E-state index is 9.89. The number of piperidine rings is 1. The maximum Gasteiger partial charge on any atom is 0.318 e. The van der Waals surface area contributed by atoms with Crippen molar-refractivity contribution < 1.29 is 19.0 Å². The van der Waals surface area contributed by atoms with Crippen LogP contribution in [-0.4, -0.2) is 90.8 Å². The third kappa shape index (κ3) is 9.72. The van der Waals surface area contributed by atoms with Crippen LogP contribution in [0.25, 0.3) is 28.0 Å². The number of hydrogen-bond acceptors (Lipinski definition) is 11. The van der Waals surface area contributed by atoms with Gasteiger partial charge in [0.2, 0.25) is 5.89 Å². The third-order valence-corrected chi connectivity index (χ3v) is 12.8. The molecule has 0 radical (unpaired) electrons. The Bertz CT molecular complexity index is 1860. The number of fused-ring (bicyclic) bond motifs is 1. The normalized spacial score (nSPS) is 15.0. The van der Waals surface area contributed by atoms with E-state index >= 15 is 0 Å². The first kappa shape index (κ1) is 37.8. The van der Waals surface area contributed by atoms with E-state index in [-0.39, 0.29) is 11.8 Å². The zero-order chi connectivity index (χ0) is 36.9. The number of ether oxygens (including phenoxy) is 2. The van der Waals surface area contributed by atoms with Crippen LogP contribution in [-0.2, 0) is 9.47 Å². The van der Waals surface area contributed by atoms with Crippen LogP contribution in [0.4, 0.5) is 11.8 Å². The van der Waals surface area contributed by atoms with E-state index in [1.54, 1.807) is 6.92 Å². The summed E-state index contributed by atoms with van der Waals surface area (Å²) >= 11 is 0. The van der Waals surface area contributed by atoms with Crippen LogP contribution in [0, 0.1) is 0 Å². The lowest BCUT2D eigenvalue weighted by Gasteiger charge is -2.31. The highest BCUT2D eigenvalue weighted by Gasteiger charge is 2.28. The molecule has 1 aliphatic heterocycles. The summed E-state index contributed by atoms with van der Waals surface area (Å²) < 4.78 is 20.4. The summed E-state index contributed by atoms with van der Waals surface area (Å²) in [6, 6.07) is 19.1. The lowest BCUT2D eigenvalue weighted by molar-refractivity contribution is 0.0942. The topological polar surface area (TPSA) is 127 Å². The van der Waals surface area contributed by atoms with Crippen molar-refractivity contribution in [1.29, 1.82) is 0 Å². The van der Waals surface area contributed by atoms with Gasteiger partial charge in [0.15, 0.2) is 5.65 Å². The predicted molar refractivity (Wildman–Crippen MR) is 211 cm³/mol. The van der Waals surface area contributed by atoms with Crippen LogP contribution >= 0.6 is 0 Å². The van der Waals surface area contributed by atoms with Crippen LogP contribution in [0.1, 0.15) is 43.4 Å². The maximum absolute atomic E-state index is 9.89. The molecule has 0 aliphatic carbocycles. The Hall–Kier alpha value is -3.96. The zero-order valence-corrected chi connectivity index (χ0v) is 33.7. The molecule has 1 aliphatic rings. The molecule has 0 saturated carbocycles. The Labute approximate surface area is 309 Å². The molecule has 5 aromatic rings. The summed E-state index contributed by atoms with van der Waals surface area (Å²) in [5.41, 5.74) is 5.64. The van der Waals surface area contributed by atoms with Crippen molar-refractivity contribution in [2.45, 2.75) is 83.2 Å². The van der Waals surface area contributed by atoms with Gasteiger partial charge in [-0.3, -0.25) is 4.98 Å². The molecule has 278 valence electrons. The van der Waals surface area contributed by atoms with Crippen LogP contribution < -0.4 is 9.80 Å². The number of aromatic nitrogens is 6. The van der Waals surface area contributed by atoms with Gasteiger partial charge in [-0.15, -0.1) is 5.10 Å². The van der Waals surface area contributed by atoms with Crippen molar-refractivity contribution in [2.75, 3.05) is 49.6 Å². The molecule has 0 bridgehead atoms.